The van der Waals surface area contributed by atoms with Crippen LogP contribution in [0.3, 0.4) is 0 Å². The topological polar surface area (TPSA) is 145 Å². The number of fused-ring (bicyclic) bond motifs is 2. The van der Waals surface area contributed by atoms with E-state index in [1.54, 1.807) is 31.8 Å². The first-order valence-electron chi connectivity index (χ1n) is 12.5. The third kappa shape index (κ3) is 4.37. The second-order valence-corrected chi connectivity index (χ2v) is 9.60. The van der Waals surface area contributed by atoms with Crippen molar-refractivity contribution in [1.29, 1.82) is 0 Å². The fraction of sp³-hybridized carbons (Fsp3) is 0.259. The van der Waals surface area contributed by atoms with E-state index in [1.165, 1.54) is 0 Å². The van der Waals surface area contributed by atoms with Crippen LogP contribution >= 0.6 is 0 Å². The molecule has 1 aliphatic heterocycles. The highest BCUT2D eigenvalue weighted by Crippen LogP contribution is 2.32. The van der Waals surface area contributed by atoms with Crippen LogP contribution in [0.25, 0.3) is 44.5 Å². The maximum Gasteiger partial charge on any atom is 0.270 e. The summed E-state index contributed by atoms with van der Waals surface area (Å²) in [5.41, 5.74) is 5.49. The molecule has 2 amide bonds. The summed E-state index contributed by atoms with van der Waals surface area (Å²) >= 11 is 0. The van der Waals surface area contributed by atoms with Gasteiger partial charge < -0.3 is 20.5 Å². The summed E-state index contributed by atoms with van der Waals surface area (Å²) in [5, 5.41) is 14.7. The van der Waals surface area contributed by atoms with Gasteiger partial charge in [-0.3, -0.25) is 24.7 Å². The molecule has 1 aliphatic rings. The highest BCUT2D eigenvalue weighted by Gasteiger charge is 2.23. The predicted molar refractivity (Wildman–Crippen MR) is 144 cm³/mol. The average Bonchev–Trinajstić information content (AvgIpc) is 3.56. The zero-order chi connectivity index (χ0) is 26.2. The van der Waals surface area contributed by atoms with Crippen LogP contribution in [0.15, 0.2) is 49.1 Å². The number of hydrogen-bond acceptors (Lipinski definition) is 7. The molecule has 0 bridgehead atoms. The van der Waals surface area contributed by atoms with Crippen molar-refractivity contribution in [2.45, 2.75) is 12.8 Å². The van der Waals surface area contributed by atoms with Gasteiger partial charge in [-0.2, -0.15) is 5.10 Å². The molecule has 1 fully saturated rings. The Morgan fingerprint density at radius 3 is 2.66 bits per heavy atom. The Labute approximate surface area is 218 Å². The molecule has 192 valence electrons. The summed E-state index contributed by atoms with van der Waals surface area (Å²) in [6.45, 7) is 1.85. The van der Waals surface area contributed by atoms with Gasteiger partial charge in [0.15, 0.2) is 5.65 Å². The van der Waals surface area contributed by atoms with Crippen molar-refractivity contribution in [3.63, 3.8) is 0 Å². The highest BCUT2D eigenvalue weighted by molar-refractivity contribution is 6.06. The molecule has 38 heavy (non-hydrogen) atoms. The first-order valence-corrected chi connectivity index (χ1v) is 12.5. The molecule has 0 radical (unpaired) electrons. The van der Waals surface area contributed by atoms with E-state index in [9.17, 15) is 9.59 Å². The molecule has 0 aromatic carbocycles. The molecule has 0 saturated carbocycles. The number of nitrogens with zero attached hydrogens (tertiary/aromatic N) is 5. The van der Waals surface area contributed by atoms with Gasteiger partial charge in [0, 0.05) is 59.0 Å². The van der Waals surface area contributed by atoms with Crippen molar-refractivity contribution in [2.75, 3.05) is 32.5 Å². The van der Waals surface area contributed by atoms with E-state index in [0.717, 1.165) is 53.7 Å². The molecule has 0 spiro atoms. The number of pyridine rings is 3. The van der Waals surface area contributed by atoms with E-state index < -0.39 is 0 Å². The third-order valence-corrected chi connectivity index (χ3v) is 7.09. The number of anilines is 1. The van der Waals surface area contributed by atoms with Gasteiger partial charge in [-0.05, 0) is 57.2 Å². The van der Waals surface area contributed by atoms with Crippen molar-refractivity contribution in [2.24, 2.45) is 5.92 Å². The molecule has 1 saturated heterocycles. The number of carbonyl (C=O) groups is 2. The lowest BCUT2D eigenvalue weighted by Crippen LogP contribution is -2.35. The quantitative estimate of drug-likeness (QED) is 0.285. The monoisotopic (exact) mass is 509 g/mol. The summed E-state index contributed by atoms with van der Waals surface area (Å²) in [4.78, 5) is 43.8. The number of H-pyrrole nitrogens is 2. The number of carbonyl (C=O) groups excluding carboxylic acids is 2. The first kappa shape index (κ1) is 23.7. The lowest BCUT2D eigenvalue weighted by Gasteiger charge is -2.28. The predicted octanol–water partition coefficient (Wildman–Crippen LogP) is 3.20. The number of rotatable bonds is 5. The Morgan fingerprint density at radius 2 is 1.84 bits per heavy atom. The van der Waals surface area contributed by atoms with E-state index in [0.29, 0.717) is 28.1 Å². The zero-order valence-corrected chi connectivity index (χ0v) is 21.1. The minimum Gasteiger partial charge on any atom is -0.354 e. The van der Waals surface area contributed by atoms with E-state index in [-0.39, 0.29) is 17.7 Å². The van der Waals surface area contributed by atoms with Crippen LogP contribution in [0.1, 0.15) is 23.3 Å². The van der Waals surface area contributed by atoms with Gasteiger partial charge in [-0.15, -0.1) is 0 Å². The van der Waals surface area contributed by atoms with Crippen LogP contribution in [-0.2, 0) is 4.79 Å². The smallest absolute Gasteiger partial charge is 0.270 e. The zero-order valence-electron chi connectivity index (χ0n) is 21.1. The van der Waals surface area contributed by atoms with Crippen LogP contribution in [-0.4, -0.2) is 74.0 Å². The number of aromatic nitrogens is 6. The van der Waals surface area contributed by atoms with Gasteiger partial charge in [0.25, 0.3) is 5.91 Å². The van der Waals surface area contributed by atoms with Crippen LogP contribution in [0.2, 0.25) is 0 Å². The molecule has 5 aromatic heterocycles. The normalized spacial score (nSPS) is 14.7. The fourth-order valence-electron chi connectivity index (χ4n) is 4.93. The largest absolute Gasteiger partial charge is 0.354 e. The van der Waals surface area contributed by atoms with Crippen molar-refractivity contribution >= 4 is 39.4 Å². The molecule has 5 aromatic rings. The van der Waals surface area contributed by atoms with Crippen molar-refractivity contribution in [3.8, 4) is 22.5 Å². The minimum absolute atomic E-state index is 0.0109. The van der Waals surface area contributed by atoms with Crippen molar-refractivity contribution in [1.82, 2.24) is 40.3 Å². The Bertz CT molecular complexity index is 1660. The number of piperidine rings is 1. The van der Waals surface area contributed by atoms with Gasteiger partial charge in [-0.25, -0.2) is 4.98 Å². The molecule has 0 atom stereocenters. The average molecular weight is 510 g/mol. The molecular formula is C27H27N9O2. The van der Waals surface area contributed by atoms with E-state index >= 15 is 0 Å². The molecule has 11 heteroatoms. The first-order chi connectivity index (χ1) is 18.5. The summed E-state index contributed by atoms with van der Waals surface area (Å²) in [6, 6.07) is 7.59. The molecule has 11 nitrogen and oxygen atoms in total. The number of likely N-dealkylation sites (tertiary alicyclic amines) is 1. The lowest BCUT2D eigenvalue weighted by atomic mass is 9.96. The van der Waals surface area contributed by atoms with E-state index in [2.05, 4.69) is 52.7 Å². The SMILES string of the molecule is CNC(=O)c1nccc2[nH]c(-c3n[nH]c4ncc(-c5cncc(NC(=O)C6CCN(C)CC6)c5)cc34)cc12. The molecule has 0 unspecified atom stereocenters. The molecule has 6 rings (SSSR count). The minimum atomic E-state index is -0.257. The maximum atomic E-state index is 12.8. The van der Waals surface area contributed by atoms with Gasteiger partial charge in [0.05, 0.1) is 17.6 Å². The van der Waals surface area contributed by atoms with E-state index in [4.69, 9.17) is 0 Å². The van der Waals surface area contributed by atoms with Gasteiger partial charge in [0.1, 0.15) is 11.4 Å². The second-order valence-electron chi connectivity index (χ2n) is 9.60. The summed E-state index contributed by atoms with van der Waals surface area (Å²) in [5.74, 6) is -0.212. The molecular weight excluding hydrogens is 482 g/mol. The summed E-state index contributed by atoms with van der Waals surface area (Å²) in [6.07, 6.45) is 8.47. The number of amides is 2. The van der Waals surface area contributed by atoms with Crippen LogP contribution in [0.4, 0.5) is 5.69 Å². The third-order valence-electron chi connectivity index (χ3n) is 7.09. The highest BCUT2D eigenvalue weighted by atomic mass is 16.2. The number of aromatic amines is 2. The molecule has 0 aliphatic carbocycles. The van der Waals surface area contributed by atoms with Crippen LogP contribution < -0.4 is 10.6 Å². The van der Waals surface area contributed by atoms with Crippen LogP contribution in [0, 0.1) is 5.92 Å². The number of nitrogens with one attached hydrogen (secondary N) is 4. The van der Waals surface area contributed by atoms with Crippen molar-refractivity contribution in [3.05, 3.63) is 54.7 Å². The molecule has 4 N–H and O–H groups in total. The molecule has 6 heterocycles. The standard InChI is InChI=1S/C27H27N9O2/c1-28-27(38)24-19-11-22(33-21(19)3-6-30-24)23-20-10-17(13-31-25(20)35-34-23)16-9-18(14-29-12-16)32-26(37)15-4-7-36(2)8-5-15/h3,6,9-15,33H,4-5,7-8H2,1-2H3,(H,28,38)(H,32,37)(H,31,34,35). The van der Waals surface area contributed by atoms with E-state index in [1.807, 2.05) is 24.3 Å². The lowest BCUT2D eigenvalue weighted by molar-refractivity contribution is -0.121. The Kier molecular flexibility index (Phi) is 6.04. The van der Waals surface area contributed by atoms with Crippen LogP contribution in [0.5, 0.6) is 0 Å². The Hall–Kier alpha value is -4.64. The Balaban J connectivity index is 1.31. The Morgan fingerprint density at radius 1 is 1.03 bits per heavy atom. The summed E-state index contributed by atoms with van der Waals surface area (Å²) in [7, 11) is 3.66. The fourth-order valence-corrected chi connectivity index (χ4v) is 4.93. The maximum absolute atomic E-state index is 12.8. The summed E-state index contributed by atoms with van der Waals surface area (Å²) < 4.78 is 0. The van der Waals surface area contributed by atoms with Gasteiger partial charge in [-0.1, -0.05) is 0 Å². The van der Waals surface area contributed by atoms with Crippen molar-refractivity contribution < 1.29 is 9.59 Å². The number of hydrogen-bond donors (Lipinski definition) is 4. The van der Waals surface area contributed by atoms with Gasteiger partial charge >= 0.3 is 0 Å². The second kappa shape index (κ2) is 9.67. The van der Waals surface area contributed by atoms with Gasteiger partial charge in [0.2, 0.25) is 5.91 Å².